The van der Waals surface area contributed by atoms with Crippen LogP contribution in [-0.4, -0.2) is 69.7 Å². The van der Waals surface area contributed by atoms with Gasteiger partial charge in [-0.2, -0.15) is 0 Å². The zero-order chi connectivity index (χ0) is 29.6. The number of imidazole rings is 1. The lowest BCUT2D eigenvalue weighted by Crippen LogP contribution is -2.43. The van der Waals surface area contributed by atoms with Gasteiger partial charge in [0.05, 0.1) is 18.5 Å². The number of amides is 2. The van der Waals surface area contributed by atoms with Crippen molar-refractivity contribution in [3.8, 4) is 11.4 Å². The zero-order valence-corrected chi connectivity index (χ0v) is 26.0. The molecule has 3 heterocycles. The number of ether oxygens (including phenoxy) is 2. The Kier molecular flexibility index (Phi) is 8.12. The van der Waals surface area contributed by atoms with Crippen LogP contribution in [0, 0.1) is 5.92 Å². The van der Waals surface area contributed by atoms with E-state index < -0.39 is 5.60 Å². The molecule has 218 valence electrons. The van der Waals surface area contributed by atoms with Gasteiger partial charge in [0, 0.05) is 25.7 Å². The third-order valence-corrected chi connectivity index (χ3v) is 7.62. The van der Waals surface area contributed by atoms with Gasteiger partial charge in [-0.3, -0.25) is 9.36 Å². The van der Waals surface area contributed by atoms with Gasteiger partial charge in [0.15, 0.2) is 5.69 Å². The highest BCUT2D eigenvalue weighted by Gasteiger charge is 2.34. The summed E-state index contributed by atoms with van der Waals surface area (Å²) in [6.07, 6.45) is 4.78. The van der Waals surface area contributed by atoms with Gasteiger partial charge in [0.1, 0.15) is 17.2 Å². The van der Waals surface area contributed by atoms with Crippen LogP contribution >= 0.6 is 0 Å². The second-order valence-corrected chi connectivity index (χ2v) is 13.4. The summed E-state index contributed by atoms with van der Waals surface area (Å²) in [6.45, 7) is 17.1. The van der Waals surface area contributed by atoms with E-state index in [2.05, 4.69) is 36.6 Å². The molecule has 2 amide bonds. The van der Waals surface area contributed by atoms with Crippen LogP contribution in [0.5, 0.6) is 5.75 Å². The molecule has 0 N–H and O–H groups in total. The lowest BCUT2D eigenvalue weighted by molar-refractivity contribution is 0.0270. The number of hydrogen-bond acceptors (Lipinski definition) is 5. The quantitative estimate of drug-likeness (QED) is 0.451. The van der Waals surface area contributed by atoms with Crippen LogP contribution < -0.4 is 4.74 Å². The Hall–Kier alpha value is -3.29. The SMILES string of the molecule is COc1cc2c(cc1CC(C)C)-n1c(C3=CCN(C(=O)OC(C)(C)C)CC3)nc(C(=O)N(C)C(C)(C)C)c1CC2. The number of hydrogen-bond donors (Lipinski definition) is 0. The highest BCUT2D eigenvalue weighted by molar-refractivity contribution is 5.95. The van der Waals surface area contributed by atoms with E-state index in [1.807, 2.05) is 48.6 Å². The van der Waals surface area contributed by atoms with Crippen LogP contribution in [0.4, 0.5) is 4.79 Å². The van der Waals surface area contributed by atoms with E-state index in [4.69, 9.17) is 14.5 Å². The van der Waals surface area contributed by atoms with Crippen molar-refractivity contribution in [2.45, 2.75) is 92.2 Å². The van der Waals surface area contributed by atoms with Crippen molar-refractivity contribution in [3.05, 3.63) is 46.5 Å². The molecule has 0 aliphatic carbocycles. The van der Waals surface area contributed by atoms with Crippen LogP contribution in [-0.2, 0) is 24.0 Å². The molecule has 0 spiro atoms. The predicted molar refractivity (Wildman–Crippen MR) is 158 cm³/mol. The third-order valence-electron chi connectivity index (χ3n) is 7.62. The van der Waals surface area contributed by atoms with Gasteiger partial charge < -0.3 is 19.3 Å². The molecule has 0 bridgehead atoms. The summed E-state index contributed by atoms with van der Waals surface area (Å²) in [5.74, 6) is 2.08. The van der Waals surface area contributed by atoms with Gasteiger partial charge in [-0.25, -0.2) is 9.78 Å². The number of nitrogens with zero attached hydrogens (tertiary/aromatic N) is 4. The van der Waals surface area contributed by atoms with Crippen molar-refractivity contribution >= 4 is 17.6 Å². The summed E-state index contributed by atoms with van der Waals surface area (Å²) in [4.78, 5) is 35.0. The molecule has 40 heavy (non-hydrogen) atoms. The lowest BCUT2D eigenvalue weighted by Gasteiger charge is -2.32. The fourth-order valence-corrected chi connectivity index (χ4v) is 5.26. The van der Waals surface area contributed by atoms with Crippen LogP contribution in [0.15, 0.2) is 18.2 Å². The molecule has 4 rings (SSSR count). The summed E-state index contributed by atoms with van der Waals surface area (Å²) >= 11 is 0. The predicted octanol–water partition coefficient (Wildman–Crippen LogP) is 6.07. The molecule has 0 radical (unpaired) electrons. The highest BCUT2D eigenvalue weighted by atomic mass is 16.6. The molecule has 8 heteroatoms. The van der Waals surface area contributed by atoms with Gasteiger partial charge in [0.2, 0.25) is 0 Å². The number of aryl methyl sites for hydroxylation is 1. The zero-order valence-electron chi connectivity index (χ0n) is 26.0. The van der Waals surface area contributed by atoms with E-state index in [0.717, 1.165) is 46.9 Å². The van der Waals surface area contributed by atoms with E-state index >= 15 is 0 Å². The van der Waals surface area contributed by atoms with Crippen molar-refractivity contribution in [3.63, 3.8) is 0 Å². The number of benzene rings is 1. The minimum Gasteiger partial charge on any atom is -0.496 e. The van der Waals surface area contributed by atoms with Crippen molar-refractivity contribution in [2.75, 3.05) is 27.2 Å². The Balaban J connectivity index is 1.83. The summed E-state index contributed by atoms with van der Waals surface area (Å²) in [6, 6.07) is 4.38. The molecule has 0 fully saturated rings. The number of carbonyl (C=O) groups excluding carboxylic acids is 2. The van der Waals surface area contributed by atoms with Crippen LogP contribution in [0.2, 0.25) is 0 Å². The van der Waals surface area contributed by atoms with Gasteiger partial charge in [-0.05, 0) is 102 Å². The molecule has 0 unspecified atom stereocenters. The van der Waals surface area contributed by atoms with Gasteiger partial charge >= 0.3 is 6.09 Å². The van der Waals surface area contributed by atoms with E-state index in [9.17, 15) is 9.59 Å². The molecular formula is C32H46N4O4. The molecule has 8 nitrogen and oxygen atoms in total. The summed E-state index contributed by atoms with van der Waals surface area (Å²) in [7, 11) is 3.57. The molecule has 1 aromatic heterocycles. The maximum atomic E-state index is 13.8. The molecule has 0 saturated carbocycles. The Labute approximate surface area is 239 Å². The average molecular weight is 551 g/mol. The summed E-state index contributed by atoms with van der Waals surface area (Å²) in [5, 5.41) is 0. The molecule has 2 aliphatic heterocycles. The van der Waals surface area contributed by atoms with Crippen LogP contribution in [0.25, 0.3) is 11.3 Å². The summed E-state index contributed by atoms with van der Waals surface area (Å²) < 4.78 is 13.6. The molecule has 2 aromatic rings. The first-order valence-corrected chi connectivity index (χ1v) is 14.4. The van der Waals surface area contributed by atoms with Crippen LogP contribution in [0.3, 0.4) is 0 Å². The van der Waals surface area contributed by atoms with E-state index in [0.29, 0.717) is 37.5 Å². The first-order valence-electron chi connectivity index (χ1n) is 14.4. The largest absolute Gasteiger partial charge is 0.496 e. The molecule has 0 atom stereocenters. The number of methoxy groups -OCH3 is 1. The number of carbonyl (C=O) groups is 2. The van der Waals surface area contributed by atoms with Crippen LogP contribution in [0.1, 0.15) is 94.9 Å². The number of fused-ring (bicyclic) bond motifs is 3. The van der Waals surface area contributed by atoms with Crippen molar-refractivity contribution in [1.82, 2.24) is 19.4 Å². The highest BCUT2D eigenvalue weighted by Crippen LogP contribution is 2.37. The van der Waals surface area contributed by atoms with E-state index in [1.54, 1.807) is 16.9 Å². The Morgan fingerprint density at radius 3 is 2.33 bits per heavy atom. The molecule has 0 saturated heterocycles. The fourth-order valence-electron chi connectivity index (χ4n) is 5.26. The molecular weight excluding hydrogens is 504 g/mol. The topological polar surface area (TPSA) is 76.9 Å². The number of aromatic nitrogens is 2. The molecule has 2 aliphatic rings. The minimum atomic E-state index is -0.546. The first-order chi connectivity index (χ1) is 18.6. The third kappa shape index (κ3) is 6.06. The average Bonchev–Trinajstić information content (AvgIpc) is 3.25. The standard InChI is InChI=1S/C32H46N4O4/c1-20(2)17-23-18-25-22(19-26(23)39-10)11-12-24-27(29(37)34(9)31(3,4)5)33-28(36(24)25)21-13-15-35(16-14-21)30(38)40-32(6,7)8/h13,18-20H,11-12,14-17H2,1-10H3. The first kappa shape index (κ1) is 29.7. The Morgan fingerprint density at radius 2 is 1.77 bits per heavy atom. The summed E-state index contributed by atoms with van der Waals surface area (Å²) in [5.41, 5.74) is 5.00. The monoisotopic (exact) mass is 550 g/mol. The van der Waals surface area contributed by atoms with E-state index in [-0.39, 0.29) is 17.5 Å². The maximum Gasteiger partial charge on any atom is 0.410 e. The van der Waals surface area contributed by atoms with Crippen molar-refractivity contribution in [1.29, 1.82) is 0 Å². The minimum absolute atomic E-state index is 0.0753. The second-order valence-electron chi connectivity index (χ2n) is 13.4. The van der Waals surface area contributed by atoms with Gasteiger partial charge in [0.25, 0.3) is 5.91 Å². The molecule has 1 aromatic carbocycles. The Morgan fingerprint density at radius 1 is 1.07 bits per heavy atom. The van der Waals surface area contributed by atoms with Gasteiger partial charge in [-0.15, -0.1) is 0 Å². The van der Waals surface area contributed by atoms with Crippen molar-refractivity contribution in [2.24, 2.45) is 5.92 Å². The number of rotatable bonds is 5. The maximum absolute atomic E-state index is 13.8. The normalized spacial score (nSPS) is 15.4. The smallest absolute Gasteiger partial charge is 0.410 e. The van der Waals surface area contributed by atoms with Gasteiger partial charge in [-0.1, -0.05) is 19.9 Å². The Bertz CT molecular complexity index is 1320. The fraction of sp³-hybridized carbons (Fsp3) is 0.594. The van der Waals surface area contributed by atoms with E-state index in [1.165, 1.54) is 5.56 Å². The van der Waals surface area contributed by atoms with Crippen molar-refractivity contribution < 1.29 is 19.1 Å². The second kappa shape index (κ2) is 10.9. The lowest BCUT2D eigenvalue weighted by atomic mass is 9.94.